The van der Waals surface area contributed by atoms with Crippen LogP contribution >= 0.6 is 11.3 Å². The zero-order chi connectivity index (χ0) is 18.1. The van der Waals surface area contributed by atoms with Crippen molar-refractivity contribution in [3.05, 3.63) is 65.4 Å². The number of pyridine rings is 1. The van der Waals surface area contributed by atoms with Crippen LogP contribution in [0.1, 0.15) is 16.1 Å². The second-order valence-corrected chi connectivity index (χ2v) is 6.67. The molecule has 26 heavy (non-hydrogen) atoms. The predicted octanol–water partition coefficient (Wildman–Crippen LogP) is 4.03. The largest absolute Gasteiger partial charge is 0.497 e. The van der Waals surface area contributed by atoms with E-state index in [1.807, 2.05) is 59.3 Å². The lowest BCUT2D eigenvalue weighted by atomic mass is 10.2. The minimum absolute atomic E-state index is 0.276. The molecule has 0 spiro atoms. The molecular formula is C19H16N4O2S. The lowest BCUT2D eigenvalue weighted by molar-refractivity contribution is 0.102. The number of hydrogen-bond donors (Lipinski definition) is 1. The Morgan fingerprint density at radius 2 is 2.00 bits per heavy atom. The van der Waals surface area contributed by atoms with Crippen molar-refractivity contribution in [1.29, 1.82) is 0 Å². The molecule has 0 aliphatic rings. The smallest absolute Gasteiger partial charge is 0.277 e. The molecule has 1 amide bonds. The molecule has 1 N–H and O–H groups in total. The van der Waals surface area contributed by atoms with E-state index >= 15 is 0 Å². The van der Waals surface area contributed by atoms with Gasteiger partial charge in [0.25, 0.3) is 5.91 Å². The van der Waals surface area contributed by atoms with Gasteiger partial charge in [-0.05, 0) is 48.9 Å². The topological polar surface area (TPSA) is 68.5 Å². The van der Waals surface area contributed by atoms with Crippen LogP contribution in [-0.4, -0.2) is 27.4 Å². The van der Waals surface area contributed by atoms with Gasteiger partial charge < -0.3 is 9.14 Å². The number of nitrogens with zero attached hydrogens (tertiary/aromatic N) is 3. The number of aryl methyl sites for hydroxylation is 1. The first-order valence-electron chi connectivity index (χ1n) is 7.99. The molecule has 4 aromatic rings. The second kappa shape index (κ2) is 6.61. The number of carbonyl (C=O) groups is 1. The van der Waals surface area contributed by atoms with Crippen LogP contribution < -0.4 is 10.1 Å². The maximum atomic E-state index is 12.5. The van der Waals surface area contributed by atoms with Gasteiger partial charge in [-0.15, -0.1) is 11.3 Å². The molecule has 7 heteroatoms. The standard InChI is InChI=1S/C19H16N4O2S/c1-12-7-8-23-10-15(20-17(23)9-12)18(24)22-19-21-16(11-26-19)13-3-5-14(25-2)6-4-13/h3-11H,1-2H3,(H,21,22,24). The fourth-order valence-corrected chi connectivity index (χ4v) is 3.29. The van der Waals surface area contributed by atoms with E-state index in [1.54, 1.807) is 13.3 Å². The average molecular weight is 364 g/mol. The van der Waals surface area contributed by atoms with Crippen LogP contribution in [0.15, 0.2) is 54.2 Å². The number of amides is 1. The molecule has 0 aliphatic heterocycles. The molecule has 0 unspecified atom stereocenters. The van der Waals surface area contributed by atoms with Gasteiger partial charge in [-0.1, -0.05) is 0 Å². The van der Waals surface area contributed by atoms with Crippen LogP contribution in [0.5, 0.6) is 5.75 Å². The van der Waals surface area contributed by atoms with Crippen molar-refractivity contribution in [3.63, 3.8) is 0 Å². The number of ether oxygens (including phenoxy) is 1. The molecular weight excluding hydrogens is 348 g/mol. The van der Waals surface area contributed by atoms with Crippen molar-refractivity contribution >= 4 is 28.0 Å². The van der Waals surface area contributed by atoms with E-state index in [4.69, 9.17) is 4.74 Å². The number of aromatic nitrogens is 3. The van der Waals surface area contributed by atoms with Crippen LogP contribution in [0.2, 0.25) is 0 Å². The Morgan fingerprint density at radius 1 is 1.19 bits per heavy atom. The fourth-order valence-electron chi connectivity index (χ4n) is 2.58. The highest BCUT2D eigenvalue weighted by molar-refractivity contribution is 7.14. The van der Waals surface area contributed by atoms with Crippen LogP contribution in [0, 0.1) is 6.92 Å². The summed E-state index contributed by atoms with van der Waals surface area (Å²) in [7, 11) is 1.63. The predicted molar refractivity (Wildman–Crippen MR) is 102 cm³/mol. The van der Waals surface area contributed by atoms with Gasteiger partial charge in [0.2, 0.25) is 0 Å². The summed E-state index contributed by atoms with van der Waals surface area (Å²) in [5, 5.41) is 5.26. The van der Waals surface area contributed by atoms with E-state index in [0.717, 1.165) is 28.2 Å². The Bertz CT molecular complexity index is 1080. The van der Waals surface area contributed by atoms with E-state index in [9.17, 15) is 4.79 Å². The molecule has 1 aromatic carbocycles. The number of nitrogens with one attached hydrogen (secondary N) is 1. The van der Waals surface area contributed by atoms with Crippen LogP contribution in [0.25, 0.3) is 16.9 Å². The third kappa shape index (κ3) is 3.16. The van der Waals surface area contributed by atoms with Crippen molar-refractivity contribution in [2.24, 2.45) is 0 Å². The summed E-state index contributed by atoms with van der Waals surface area (Å²) in [5.74, 6) is 0.515. The molecule has 0 fully saturated rings. The number of imidazole rings is 1. The lowest BCUT2D eigenvalue weighted by Crippen LogP contribution is -2.12. The second-order valence-electron chi connectivity index (χ2n) is 5.82. The quantitative estimate of drug-likeness (QED) is 0.594. The Kier molecular flexibility index (Phi) is 4.14. The highest BCUT2D eigenvalue weighted by atomic mass is 32.1. The summed E-state index contributed by atoms with van der Waals surface area (Å²) in [6.07, 6.45) is 3.60. The Hall–Kier alpha value is -3.19. The van der Waals surface area contributed by atoms with Gasteiger partial charge in [0.15, 0.2) is 5.13 Å². The number of fused-ring (bicyclic) bond motifs is 1. The van der Waals surface area contributed by atoms with Crippen LogP contribution in [0.3, 0.4) is 0 Å². The molecule has 0 bridgehead atoms. The summed E-state index contributed by atoms with van der Waals surface area (Å²) < 4.78 is 6.99. The fraction of sp³-hybridized carbons (Fsp3) is 0.105. The third-order valence-corrected chi connectivity index (χ3v) is 4.72. The maximum Gasteiger partial charge on any atom is 0.277 e. The normalized spacial score (nSPS) is 10.8. The zero-order valence-electron chi connectivity index (χ0n) is 14.3. The monoisotopic (exact) mass is 364 g/mol. The van der Waals surface area contributed by atoms with E-state index < -0.39 is 0 Å². The molecule has 6 nitrogen and oxygen atoms in total. The van der Waals surface area contributed by atoms with E-state index in [1.165, 1.54) is 11.3 Å². The van der Waals surface area contributed by atoms with Gasteiger partial charge in [0.05, 0.1) is 12.8 Å². The molecule has 0 atom stereocenters. The van der Waals surface area contributed by atoms with Crippen molar-refractivity contribution in [1.82, 2.24) is 14.4 Å². The Balaban J connectivity index is 1.53. The minimum Gasteiger partial charge on any atom is -0.497 e. The molecule has 0 aliphatic carbocycles. The third-order valence-electron chi connectivity index (χ3n) is 3.96. The summed E-state index contributed by atoms with van der Waals surface area (Å²) in [4.78, 5) is 21.3. The molecule has 0 saturated heterocycles. The summed E-state index contributed by atoms with van der Waals surface area (Å²) in [6.45, 7) is 1.99. The average Bonchev–Trinajstić information content (AvgIpc) is 3.28. The van der Waals surface area contributed by atoms with Crippen molar-refractivity contribution in [3.8, 4) is 17.0 Å². The zero-order valence-corrected chi connectivity index (χ0v) is 15.1. The summed E-state index contributed by atoms with van der Waals surface area (Å²) in [5.41, 5.74) is 3.97. The molecule has 0 saturated carbocycles. The maximum absolute atomic E-state index is 12.5. The number of rotatable bonds is 4. The number of methoxy groups -OCH3 is 1. The van der Waals surface area contributed by atoms with Gasteiger partial charge in [0, 0.05) is 23.3 Å². The number of anilines is 1. The number of thiazole rings is 1. The molecule has 0 radical (unpaired) electrons. The van der Waals surface area contributed by atoms with Gasteiger partial charge in [-0.25, -0.2) is 9.97 Å². The number of carbonyl (C=O) groups excluding carboxylic acids is 1. The van der Waals surface area contributed by atoms with Crippen LogP contribution in [0.4, 0.5) is 5.13 Å². The number of benzene rings is 1. The summed E-state index contributed by atoms with van der Waals surface area (Å²) >= 11 is 1.38. The first kappa shape index (κ1) is 16.3. The summed E-state index contributed by atoms with van der Waals surface area (Å²) in [6, 6.07) is 11.5. The Labute approximate surface area is 154 Å². The van der Waals surface area contributed by atoms with Crippen LogP contribution in [-0.2, 0) is 0 Å². The van der Waals surface area contributed by atoms with E-state index in [2.05, 4.69) is 15.3 Å². The van der Waals surface area contributed by atoms with Gasteiger partial charge >= 0.3 is 0 Å². The van der Waals surface area contributed by atoms with Gasteiger partial charge in [-0.3, -0.25) is 10.1 Å². The molecule has 130 valence electrons. The molecule has 3 heterocycles. The highest BCUT2D eigenvalue weighted by Gasteiger charge is 2.13. The van der Waals surface area contributed by atoms with E-state index in [-0.39, 0.29) is 5.91 Å². The first-order valence-corrected chi connectivity index (χ1v) is 8.87. The van der Waals surface area contributed by atoms with Crippen molar-refractivity contribution < 1.29 is 9.53 Å². The minimum atomic E-state index is -0.276. The SMILES string of the molecule is COc1ccc(-c2csc(NC(=O)c3cn4ccc(C)cc4n3)n2)cc1. The number of hydrogen-bond acceptors (Lipinski definition) is 5. The van der Waals surface area contributed by atoms with E-state index in [0.29, 0.717) is 10.8 Å². The van der Waals surface area contributed by atoms with Crippen molar-refractivity contribution in [2.75, 3.05) is 12.4 Å². The van der Waals surface area contributed by atoms with Gasteiger partial charge in [-0.2, -0.15) is 0 Å². The highest BCUT2D eigenvalue weighted by Crippen LogP contribution is 2.26. The Morgan fingerprint density at radius 3 is 2.77 bits per heavy atom. The molecule has 4 rings (SSSR count). The molecule has 3 aromatic heterocycles. The first-order chi connectivity index (χ1) is 12.6. The van der Waals surface area contributed by atoms with Gasteiger partial charge in [0.1, 0.15) is 17.1 Å². The van der Waals surface area contributed by atoms with Crippen molar-refractivity contribution in [2.45, 2.75) is 6.92 Å². The lowest BCUT2D eigenvalue weighted by Gasteiger charge is -2.00.